The molecule has 0 radical (unpaired) electrons. The van der Waals surface area contributed by atoms with Crippen molar-refractivity contribution in [3.05, 3.63) is 58.8 Å². The van der Waals surface area contributed by atoms with Crippen molar-refractivity contribution < 1.29 is 19.1 Å². The number of methoxy groups -OCH3 is 1. The molecule has 1 N–H and O–H groups in total. The highest BCUT2D eigenvalue weighted by Crippen LogP contribution is 2.48. The topological polar surface area (TPSA) is 80.8 Å². The Morgan fingerprint density at radius 3 is 2.48 bits per heavy atom. The van der Waals surface area contributed by atoms with Crippen molar-refractivity contribution >= 4 is 33.6 Å². The van der Waals surface area contributed by atoms with Crippen LogP contribution in [0.5, 0.6) is 0 Å². The van der Waals surface area contributed by atoms with Crippen LogP contribution >= 0.6 is 15.9 Å². The summed E-state index contributed by atoms with van der Waals surface area (Å²) < 4.78 is 11.9. The second kappa shape index (κ2) is 10.7. The first-order valence-corrected chi connectivity index (χ1v) is 11.9. The maximum atomic E-state index is 13.6. The summed E-state index contributed by atoms with van der Waals surface area (Å²) in [6.45, 7) is 7.54. The molecule has 7 nitrogen and oxygen atoms in total. The summed E-state index contributed by atoms with van der Waals surface area (Å²) in [5.74, 6) is -0.0374. The first kappa shape index (κ1) is 25.2. The lowest BCUT2D eigenvalue weighted by molar-refractivity contribution is -0.120. The number of rotatable bonds is 8. The third-order valence-electron chi connectivity index (χ3n) is 5.60. The molecule has 1 heterocycles. The summed E-state index contributed by atoms with van der Waals surface area (Å²) >= 11 is 3.45. The standard InChI is InChI=1S/C25H32BrN3O4/c1-16(32-5)22(28-24(31)33-25(2,3)4)15-29(18-11-9-17(26)10-12-18)23(30)20-14-19(20)21-8-6-7-13-27-21/h6-13,16,19-20,22H,14-15H2,1-5H3,(H,28,31). The number of hydrogen-bond acceptors (Lipinski definition) is 5. The van der Waals surface area contributed by atoms with Crippen LogP contribution in [0.1, 0.15) is 45.7 Å². The Morgan fingerprint density at radius 1 is 1.21 bits per heavy atom. The fourth-order valence-electron chi connectivity index (χ4n) is 3.67. The number of ether oxygens (including phenoxy) is 2. The summed E-state index contributed by atoms with van der Waals surface area (Å²) in [7, 11) is 1.58. The molecule has 1 aromatic heterocycles. The molecule has 1 fully saturated rings. The number of aromatic nitrogens is 1. The number of amides is 2. The first-order valence-electron chi connectivity index (χ1n) is 11.1. The van der Waals surface area contributed by atoms with E-state index in [4.69, 9.17) is 9.47 Å². The van der Waals surface area contributed by atoms with Crippen molar-refractivity contribution in [2.24, 2.45) is 5.92 Å². The molecule has 178 valence electrons. The van der Waals surface area contributed by atoms with Crippen LogP contribution < -0.4 is 10.2 Å². The fourth-order valence-corrected chi connectivity index (χ4v) is 3.93. The average Bonchev–Trinajstić information content (AvgIpc) is 3.57. The van der Waals surface area contributed by atoms with Crippen molar-refractivity contribution in [1.29, 1.82) is 0 Å². The Morgan fingerprint density at radius 2 is 1.91 bits per heavy atom. The number of hydrogen-bond donors (Lipinski definition) is 1. The Balaban J connectivity index is 1.82. The molecule has 4 atom stereocenters. The largest absolute Gasteiger partial charge is 0.444 e. The number of nitrogens with one attached hydrogen (secondary N) is 1. The van der Waals surface area contributed by atoms with Gasteiger partial charge in [-0.05, 0) is 70.5 Å². The normalized spacial score (nSPS) is 19.3. The van der Waals surface area contributed by atoms with Crippen molar-refractivity contribution in [1.82, 2.24) is 10.3 Å². The highest BCUT2D eigenvalue weighted by Gasteiger charge is 2.47. The van der Waals surface area contributed by atoms with Crippen molar-refractivity contribution in [2.75, 3.05) is 18.6 Å². The molecule has 1 aliphatic carbocycles. The average molecular weight is 518 g/mol. The molecule has 0 aliphatic heterocycles. The minimum atomic E-state index is -0.629. The smallest absolute Gasteiger partial charge is 0.408 e. The van der Waals surface area contributed by atoms with Crippen LogP contribution in [0.4, 0.5) is 10.5 Å². The van der Waals surface area contributed by atoms with E-state index in [1.165, 1.54) is 0 Å². The Bertz CT molecular complexity index is 946. The van der Waals surface area contributed by atoms with Gasteiger partial charge in [0, 0.05) is 47.5 Å². The van der Waals surface area contributed by atoms with Crippen molar-refractivity contribution in [3.63, 3.8) is 0 Å². The second-order valence-corrected chi connectivity index (χ2v) is 10.2. The zero-order valence-corrected chi connectivity index (χ0v) is 21.3. The summed E-state index contributed by atoms with van der Waals surface area (Å²) in [5, 5.41) is 2.89. The molecule has 33 heavy (non-hydrogen) atoms. The number of carbonyl (C=O) groups excluding carboxylic acids is 2. The van der Waals surface area contributed by atoms with E-state index in [0.717, 1.165) is 22.3 Å². The number of nitrogens with zero attached hydrogens (tertiary/aromatic N) is 2. The molecule has 4 unspecified atom stereocenters. The fraction of sp³-hybridized carbons (Fsp3) is 0.480. The van der Waals surface area contributed by atoms with Gasteiger partial charge in [-0.2, -0.15) is 0 Å². The third-order valence-corrected chi connectivity index (χ3v) is 6.13. The van der Waals surface area contributed by atoms with E-state index in [-0.39, 0.29) is 30.4 Å². The molecular weight excluding hydrogens is 486 g/mol. The number of carbonyl (C=O) groups is 2. The van der Waals surface area contributed by atoms with E-state index in [0.29, 0.717) is 0 Å². The SMILES string of the molecule is COC(C)C(CN(C(=O)C1CC1c1ccccn1)c1ccc(Br)cc1)NC(=O)OC(C)(C)C. The van der Waals surface area contributed by atoms with Gasteiger partial charge in [0.2, 0.25) is 5.91 Å². The lowest BCUT2D eigenvalue weighted by Gasteiger charge is -2.32. The molecule has 0 saturated heterocycles. The number of pyridine rings is 1. The first-order chi connectivity index (χ1) is 15.6. The second-order valence-electron chi connectivity index (χ2n) is 9.32. The van der Waals surface area contributed by atoms with Gasteiger partial charge >= 0.3 is 6.09 Å². The lowest BCUT2D eigenvalue weighted by atomic mass is 10.1. The zero-order chi connectivity index (χ0) is 24.2. The molecule has 0 spiro atoms. The van der Waals surface area contributed by atoms with Crippen LogP contribution in [0.2, 0.25) is 0 Å². The minimum Gasteiger partial charge on any atom is -0.444 e. The monoisotopic (exact) mass is 517 g/mol. The molecule has 1 saturated carbocycles. The molecule has 8 heteroatoms. The molecule has 2 aromatic rings. The van der Waals surface area contributed by atoms with E-state index in [1.807, 2.05) is 70.2 Å². The molecule has 1 aliphatic rings. The number of alkyl carbamates (subject to hydrolysis) is 1. The minimum absolute atomic E-state index is 0.00673. The van der Waals surface area contributed by atoms with Crippen LogP contribution in [-0.4, -0.2) is 48.4 Å². The van der Waals surface area contributed by atoms with Crippen molar-refractivity contribution in [3.8, 4) is 0 Å². The highest BCUT2D eigenvalue weighted by atomic mass is 79.9. The van der Waals surface area contributed by atoms with E-state index in [2.05, 4.69) is 26.2 Å². The summed E-state index contributed by atoms with van der Waals surface area (Å²) in [6.07, 6.45) is 1.63. The van der Waals surface area contributed by atoms with Gasteiger partial charge in [0.05, 0.1) is 12.1 Å². The number of halogens is 1. The maximum Gasteiger partial charge on any atom is 0.408 e. The van der Waals surface area contributed by atoms with E-state index in [1.54, 1.807) is 18.2 Å². The van der Waals surface area contributed by atoms with Gasteiger partial charge < -0.3 is 19.7 Å². The molecule has 2 amide bonds. The van der Waals surface area contributed by atoms with Crippen LogP contribution in [0.15, 0.2) is 53.1 Å². The molecular formula is C25H32BrN3O4. The van der Waals surface area contributed by atoms with Crippen LogP contribution in [-0.2, 0) is 14.3 Å². The summed E-state index contributed by atoms with van der Waals surface area (Å²) in [4.78, 5) is 32.3. The predicted molar refractivity (Wildman–Crippen MR) is 131 cm³/mol. The van der Waals surface area contributed by atoms with Gasteiger partial charge in [0.15, 0.2) is 0 Å². The van der Waals surface area contributed by atoms with Crippen molar-refractivity contribution in [2.45, 2.75) is 57.8 Å². The van der Waals surface area contributed by atoms with Gasteiger partial charge in [0.25, 0.3) is 0 Å². The van der Waals surface area contributed by atoms with Crippen LogP contribution in [0.3, 0.4) is 0 Å². The van der Waals surface area contributed by atoms with E-state index in [9.17, 15) is 9.59 Å². The highest BCUT2D eigenvalue weighted by molar-refractivity contribution is 9.10. The Labute approximate surface area is 204 Å². The van der Waals surface area contributed by atoms with Crippen LogP contribution in [0.25, 0.3) is 0 Å². The van der Waals surface area contributed by atoms with Gasteiger partial charge in [-0.1, -0.05) is 22.0 Å². The summed E-state index contributed by atoms with van der Waals surface area (Å²) in [6, 6.07) is 12.9. The van der Waals surface area contributed by atoms with Gasteiger partial charge in [-0.3, -0.25) is 9.78 Å². The lowest BCUT2D eigenvalue weighted by Crippen LogP contribution is -2.52. The molecule has 1 aromatic carbocycles. The van der Waals surface area contributed by atoms with Gasteiger partial charge in [-0.25, -0.2) is 4.79 Å². The molecule has 3 rings (SSSR count). The zero-order valence-electron chi connectivity index (χ0n) is 19.7. The van der Waals surface area contributed by atoms with E-state index < -0.39 is 17.7 Å². The van der Waals surface area contributed by atoms with Crippen LogP contribution in [0, 0.1) is 5.92 Å². The van der Waals surface area contributed by atoms with Gasteiger partial charge in [-0.15, -0.1) is 0 Å². The summed E-state index contributed by atoms with van der Waals surface area (Å²) in [5.41, 5.74) is 1.06. The van der Waals surface area contributed by atoms with E-state index >= 15 is 0 Å². The quantitative estimate of drug-likeness (QED) is 0.537. The third kappa shape index (κ3) is 7.01. The Hall–Kier alpha value is -2.45. The molecule has 0 bridgehead atoms. The predicted octanol–water partition coefficient (Wildman–Crippen LogP) is 4.91. The maximum absolute atomic E-state index is 13.6. The van der Waals surface area contributed by atoms with Gasteiger partial charge in [0.1, 0.15) is 5.60 Å². The number of anilines is 1. The number of benzene rings is 1. The Kier molecular flexibility index (Phi) is 8.13.